The molecule has 0 unspecified atom stereocenters. The summed E-state index contributed by atoms with van der Waals surface area (Å²) in [7, 11) is 0. The summed E-state index contributed by atoms with van der Waals surface area (Å²) in [6.07, 6.45) is 2.95. The van der Waals surface area contributed by atoms with Crippen LogP contribution in [0.25, 0.3) is 11.0 Å². The molecule has 3 aromatic rings. The Labute approximate surface area is 112 Å². The van der Waals surface area contributed by atoms with E-state index < -0.39 is 5.97 Å². The van der Waals surface area contributed by atoms with Gasteiger partial charge in [-0.1, -0.05) is 6.07 Å². The summed E-state index contributed by atoms with van der Waals surface area (Å²) < 4.78 is 1.36. The third kappa shape index (κ3) is 1.95. The molecule has 2 aromatic heterocycles. The van der Waals surface area contributed by atoms with Crippen molar-refractivity contribution >= 4 is 17.0 Å². The standard InChI is InChI=1S/C13H10N4O3/c18-12(19)9-2-1-3-10-11(9)17(13(20)16-10)6-8-4-5-14-7-15-8/h1-5,7H,6H2,(H,16,20)(H,18,19). The van der Waals surface area contributed by atoms with Crippen molar-refractivity contribution in [2.24, 2.45) is 0 Å². The van der Waals surface area contributed by atoms with Gasteiger partial charge < -0.3 is 10.1 Å². The lowest BCUT2D eigenvalue weighted by atomic mass is 10.2. The Morgan fingerprint density at radius 2 is 2.20 bits per heavy atom. The predicted octanol–water partition coefficient (Wildman–Crippen LogP) is 0.866. The minimum atomic E-state index is -1.08. The molecule has 0 saturated heterocycles. The summed E-state index contributed by atoms with van der Waals surface area (Å²) in [4.78, 5) is 33.8. The number of aromatic nitrogens is 4. The Kier molecular flexibility index (Phi) is 2.79. The van der Waals surface area contributed by atoms with E-state index >= 15 is 0 Å². The van der Waals surface area contributed by atoms with Crippen molar-refractivity contribution in [2.75, 3.05) is 0 Å². The van der Waals surface area contributed by atoms with Crippen LogP contribution in [0.2, 0.25) is 0 Å². The Balaban J connectivity index is 2.22. The predicted molar refractivity (Wildman–Crippen MR) is 70.7 cm³/mol. The Bertz CT molecular complexity index is 836. The van der Waals surface area contributed by atoms with Gasteiger partial charge in [0.1, 0.15) is 6.33 Å². The van der Waals surface area contributed by atoms with Crippen LogP contribution in [0.4, 0.5) is 0 Å². The molecule has 7 nitrogen and oxygen atoms in total. The highest BCUT2D eigenvalue weighted by molar-refractivity contribution is 6.01. The Hall–Kier alpha value is -2.96. The van der Waals surface area contributed by atoms with E-state index in [0.29, 0.717) is 16.7 Å². The highest BCUT2D eigenvalue weighted by atomic mass is 16.4. The average molecular weight is 270 g/mol. The van der Waals surface area contributed by atoms with Crippen molar-refractivity contribution in [3.8, 4) is 0 Å². The van der Waals surface area contributed by atoms with Crippen molar-refractivity contribution in [1.82, 2.24) is 19.5 Å². The summed E-state index contributed by atoms with van der Waals surface area (Å²) in [5, 5.41) is 9.23. The topological polar surface area (TPSA) is 101 Å². The van der Waals surface area contributed by atoms with E-state index in [1.165, 1.54) is 17.0 Å². The van der Waals surface area contributed by atoms with Gasteiger partial charge in [-0.25, -0.2) is 19.6 Å². The van der Waals surface area contributed by atoms with E-state index in [1.54, 1.807) is 24.4 Å². The number of hydrogen-bond acceptors (Lipinski definition) is 4. The molecule has 2 heterocycles. The quantitative estimate of drug-likeness (QED) is 0.735. The summed E-state index contributed by atoms with van der Waals surface area (Å²) in [5.74, 6) is -1.08. The number of aromatic amines is 1. The van der Waals surface area contributed by atoms with E-state index in [1.807, 2.05) is 0 Å². The van der Waals surface area contributed by atoms with Crippen LogP contribution >= 0.6 is 0 Å². The summed E-state index contributed by atoms with van der Waals surface area (Å²) in [6.45, 7) is 0.186. The van der Waals surface area contributed by atoms with E-state index in [4.69, 9.17) is 0 Å². The second-order valence-corrected chi connectivity index (χ2v) is 4.22. The van der Waals surface area contributed by atoms with Gasteiger partial charge in [0.05, 0.1) is 28.8 Å². The van der Waals surface area contributed by atoms with Crippen LogP contribution in [-0.4, -0.2) is 30.6 Å². The minimum Gasteiger partial charge on any atom is -0.478 e. The van der Waals surface area contributed by atoms with Crippen LogP contribution in [0.3, 0.4) is 0 Å². The number of nitrogens with zero attached hydrogens (tertiary/aromatic N) is 3. The minimum absolute atomic E-state index is 0.0786. The summed E-state index contributed by atoms with van der Waals surface area (Å²) in [5.41, 5.74) is 1.19. The van der Waals surface area contributed by atoms with E-state index in [9.17, 15) is 14.7 Å². The summed E-state index contributed by atoms with van der Waals surface area (Å²) in [6, 6.07) is 6.40. The van der Waals surface area contributed by atoms with E-state index in [0.717, 1.165) is 0 Å². The second kappa shape index (κ2) is 4.61. The van der Waals surface area contributed by atoms with Gasteiger partial charge in [0.15, 0.2) is 0 Å². The van der Waals surface area contributed by atoms with Crippen LogP contribution in [-0.2, 0) is 6.54 Å². The number of aromatic carboxylic acids is 1. The smallest absolute Gasteiger partial charge is 0.337 e. The number of fused-ring (bicyclic) bond motifs is 1. The molecular weight excluding hydrogens is 260 g/mol. The fourth-order valence-electron chi connectivity index (χ4n) is 2.12. The molecule has 0 saturated carbocycles. The molecule has 0 radical (unpaired) electrons. The molecule has 2 N–H and O–H groups in total. The Morgan fingerprint density at radius 3 is 2.90 bits per heavy atom. The molecule has 0 fully saturated rings. The van der Waals surface area contributed by atoms with Gasteiger partial charge in [-0.3, -0.25) is 4.57 Å². The molecule has 3 rings (SSSR count). The zero-order valence-corrected chi connectivity index (χ0v) is 10.3. The van der Waals surface area contributed by atoms with Crippen molar-refractivity contribution in [1.29, 1.82) is 0 Å². The van der Waals surface area contributed by atoms with Gasteiger partial charge in [-0.05, 0) is 18.2 Å². The van der Waals surface area contributed by atoms with Crippen LogP contribution < -0.4 is 5.69 Å². The largest absolute Gasteiger partial charge is 0.478 e. The van der Waals surface area contributed by atoms with Crippen LogP contribution in [0.5, 0.6) is 0 Å². The average Bonchev–Trinajstić information content (AvgIpc) is 2.76. The molecule has 0 spiro atoms. The lowest BCUT2D eigenvalue weighted by Gasteiger charge is -2.04. The van der Waals surface area contributed by atoms with E-state index in [2.05, 4.69) is 15.0 Å². The van der Waals surface area contributed by atoms with Gasteiger partial charge in [-0.15, -0.1) is 0 Å². The number of H-pyrrole nitrogens is 1. The molecule has 1 aromatic carbocycles. The lowest BCUT2D eigenvalue weighted by molar-refractivity contribution is 0.0698. The van der Waals surface area contributed by atoms with Crippen molar-refractivity contribution in [2.45, 2.75) is 6.54 Å². The van der Waals surface area contributed by atoms with Crippen LogP contribution in [0.1, 0.15) is 16.1 Å². The van der Waals surface area contributed by atoms with Gasteiger partial charge in [0.25, 0.3) is 0 Å². The zero-order valence-electron chi connectivity index (χ0n) is 10.3. The molecule has 0 aliphatic heterocycles. The highest BCUT2D eigenvalue weighted by Gasteiger charge is 2.15. The van der Waals surface area contributed by atoms with Gasteiger partial charge in [0.2, 0.25) is 0 Å². The van der Waals surface area contributed by atoms with Crippen LogP contribution in [0.15, 0.2) is 41.6 Å². The molecular formula is C13H10N4O3. The third-order valence-electron chi connectivity index (χ3n) is 2.99. The fourth-order valence-corrected chi connectivity index (χ4v) is 2.12. The number of imidazole rings is 1. The maximum atomic E-state index is 12.0. The molecule has 7 heteroatoms. The van der Waals surface area contributed by atoms with Crippen molar-refractivity contribution < 1.29 is 9.90 Å². The normalized spacial score (nSPS) is 10.8. The van der Waals surface area contributed by atoms with Crippen molar-refractivity contribution in [3.63, 3.8) is 0 Å². The van der Waals surface area contributed by atoms with Gasteiger partial charge >= 0.3 is 11.7 Å². The molecule has 100 valence electrons. The number of carboxylic acid groups (broad SMARTS) is 1. The number of benzene rings is 1. The Morgan fingerprint density at radius 1 is 1.35 bits per heavy atom. The molecule has 0 aliphatic rings. The summed E-state index contributed by atoms with van der Waals surface area (Å²) >= 11 is 0. The lowest BCUT2D eigenvalue weighted by Crippen LogP contribution is -2.19. The van der Waals surface area contributed by atoms with Crippen LogP contribution in [0, 0.1) is 0 Å². The first kappa shape index (κ1) is 12.1. The second-order valence-electron chi connectivity index (χ2n) is 4.22. The highest BCUT2D eigenvalue weighted by Crippen LogP contribution is 2.16. The first-order chi connectivity index (χ1) is 9.66. The van der Waals surface area contributed by atoms with Crippen molar-refractivity contribution in [3.05, 3.63) is 58.5 Å². The van der Waals surface area contributed by atoms with Gasteiger partial charge in [-0.2, -0.15) is 0 Å². The monoisotopic (exact) mass is 270 g/mol. The zero-order chi connectivity index (χ0) is 14.1. The van der Waals surface area contributed by atoms with E-state index in [-0.39, 0.29) is 17.8 Å². The first-order valence-corrected chi connectivity index (χ1v) is 5.86. The number of carbonyl (C=O) groups is 1. The van der Waals surface area contributed by atoms with Gasteiger partial charge in [0, 0.05) is 6.20 Å². The maximum Gasteiger partial charge on any atom is 0.337 e. The molecule has 0 amide bonds. The number of nitrogens with one attached hydrogen (secondary N) is 1. The SMILES string of the molecule is O=C(O)c1cccc2[nH]c(=O)n(Cc3ccncn3)c12. The fraction of sp³-hybridized carbons (Fsp3) is 0.0769. The first-order valence-electron chi connectivity index (χ1n) is 5.86. The third-order valence-corrected chi connectivity index (χ3v) is 2.99. The molecule has 0 aliphatic carbocycles. The molecule has 0 bridgehead atoms. The molecule has 0 atom stereocenters. The number of carboxylic acids is 1. The number of rotatable bonds is 3. The molecule has 20 heavy (non-hydrogen) atoms. The number of para-hydroxylation sites is 1. The number of hydrogen-bond donors (Lipinski definition) is 2. The maximum absolute atomic E-state index is 12.0.